The van der Waals surface area contributed by atoms with Crippen molar-refractivity contribution < 1.29 is 9.30 Å². The Bertz CT molecular complexity index is 1160. The van der Waals surface area contributed by atoms with Crippen molar-refractivity contribution in [3.8, 4) is 5.69 Å². The molecular formula is C26H26N3O+. The van der Waals surface area contributed by atoms with E-state index in [4.69, 9.17) is 9.84 Å². The van der Waals surface area contributed by atoms with Gasteiger partial charge in [0, 0.05) is 5.10 Å². The van der Waals surface area contributed by atoms with Crippen LogP contribution in [0.4, 0.5) is 0 Å². The number of rotatable bonds is 3. The summed E-state index contributed by atoms with van der Waals surface area (Å²) in [5.74, 6) is 0.940. The van der Waals surface area contributed by atoms with Crippen molar-refractivity contribution in [2.75, 3.05) is 0 Å². The average molecular weight is 397 g/mol. The lowest BCUT2D eigenvalue weighted by Crippen LogP contribution is -2.49. The highest BCUT2D eigenvalue weighted by Gasteiger charge is 2.39. The van der Waals surface area contributed by atoms with Crippen LogP contribution in [-0.4, -0.2) is 9.78 Å². The summed E-state index contributed by atoms with van der Waals surface area (Å²) in [6, 6.07) is 25.5. The molecule has 0 saturated carbocycles. The molecule has 3 aromatic carbocycles. The van der Waals surface area contributed by atoms with Crippen LogP contribution in [0, 0.1) is 20.8 Å². The second-order valence-electron chi connectivity index (χ2n) is 8.13. The molecule has 5 rings (SSSR count). The van der Waals surface area contributed by atoms with Crippen LogP contribution in [-0.2, 0) is 11.3 Å². The molecule has 0 N–H and O–H groups in total. The molecule has 0 spiro atoms. The fourth-order valence-corrected chi connectivity index (χ4v) is 4.67. The minimum Gasteiger partial charge on any atom is -0.358 e. The molecule has 0 radical (unpaired) electrons. The number of aryl methyl sites for hydroxylation is 3. The molecule has 1 aliphatic rings. The SMILES string of the molecule is Cc1cc(C)c(-n2c[n+]3c(n2)CO[C@@H](c2ccccc2)[C@H]3c2ccccc2)c(C)c1. The Balaban J connectivity index is 1.66. The monoisotopic (exact) mass is 396 g/mol. The summed E-state index contributed by atoms with van der Waals surface area (Å²) >= 11 is 0. The van der Waals surface area contributed by atoms with Crippen molar-refractivity contribution >= 4 is 0 Å². The molecule has 150 valence electrons. The van der Waals surface area contributed by atoms with Crippen LogP contribution in [0.2, 0.25) is 0 Å². The van der Waals surface area contributed by atoms with E-state index in [1.807, 2.05) is 10.7 Å². The Kier molecular flexibility index (Phi) is 4.72. The molecule has 0 unspecified atom stereocenters. The van der Waals surface area contributed by atoms with Gasteiger partial charge in [0.15, 0.2) is 0 Å². The zero-order chi connectivity index (χ0) is 20.7. The summed E-state index contributed by atoms with van der Waals surface area (Å²) in [5, 5.41) is 4.93. The highest BCUT2D eigenvalue weighted by atomic mass is 16.5. The molecular weight excluding hydrogens is 370 g/mol. The van der Waals surface area contributed by atoms with Crippen molar-refractivity contribution in [1.29, 1.82) is 0 Å². The van der Waals surface area contributed by atoms with E-state index in [1.165, 1.54) is 27.8 Å². The molecule has 0 amide bonds. The highest BCUT2D eigenvalue weighted by Crippen LogP contribution is 2.35. The van der Waals surface area contributed by atoms with E-state index in [0.29, 0.717) is 6.61 Å². The quantitative estimate of drug-likeness (QED) is 0.459. The molecule has 4 heteroatoms. The van der Waals surface area contributed by atoms with E-state index in [-0.39, 0.29) is 12.1 Å². The third-order valence-corrected chi connectivity index (χ3v) is 5.87. The fourth-order valence-electron chi connectivity index (χ4n) is 4.67. The first-order valence-electron chi connectivity index (χ1n) is 10.4. The van der Waals surface area contributed by atoms with Crippen LogP contribution in [0.1, 0.15) is 45.8 Å². The molecule has 0 fully saturated rings. The van der Waals surface area contributed by atoms with E-state index in [0.717, 1.165) is 11.5 Å². The van der Waals surface area contributed by atoms with E-state index in [9.17, 15) is 0 Å². The molecule has 2 heterocycles. The van der Waals surface area contributed by atoms with Gasteiger partial charge < -0.3 is 4.74 Å². The van der Waals surface area contributed by atoms with E-state index < -0.39 is 0 Å². The maximum atomic E-state index is 6.39. The molecule has 4 aromatic rings. The predicted molar refractivity (Wildman–Crippen MR) is 117 cm³/mol. The highest BCUT2D eigenvalue weighted by molar-refractivity contribution is 5.48. The maximum Gasteiger partial charge on any atom is 0.304 e. The van der Waals surface area contributed by atoms with E-state index >= 15 is 0 Å². The third kappa shape index (κ3) is 3.23. The fraction of sp³-hybridized carbons (Fsp3) is 0.231. The minimum atomic E-state index is -0.0658. The summed E-state index contributed by atoms with van der Waals surface area (Å²) in [7, 11) is 0. The smallest absolute Gasteiger partial charge is 0.304 e. The lowest BCUT2D eigenvalue weighted by atomic mass is 9.94. The van der Waals surface area contributed by atoms with Crippen LogP contribution in [0.5, 0.6) is 0 Å². The van der Waals surface area contributed by atoms with Crippen molar-refractivity contribution in [2.45, 2.75) is 39.5 Å². The first kappa shape index (κ1) is 18.8. The van der Waals surface area contributed by atoms with Crippen molar-refractivity contribution in [1.82, 2.24) is 9.78 Å². The number of hydrogen-bond donors (Lipinski definition) is 0. The van der Waals surface area contributed by atoms with Crippen molar-refractivity contribution in [3.63, 3.8) is 0 Å². The standard InChI is InChI=1S/C26H26N3O/c1-18-14-19(2)24(20(3)15-18)29-17-28-23(27-29)16-30-26(22-12-8-5-9-13-22)25(28)21-10-6-4-7-11-21/h4-15,17,25-26H,16H2,1-3H3/q+1/t25-,26+/m1/s1. The number of fused-ring (bicyclic) bond motifs is 1. The lowest BCUT2D eigenvalue weighted by molar-refractivity contribution is -0.742. The van der Waals surface area contributed by atoms with E-state index in [1.54, 1.807) is 0 Å². The van der Waals surface area contributed by atoms with Gasteiger partial charge in [-0.3, -0.25) is 0 Å². The molecule has 4 nitrogen and oxygen atoms in total. The van der Waals surface area contributed by atoms with Gasteiger partial charge in [0.1, 0.15) is 24.4 Å². The van der Waals surface area contributed by atoms with Gasteiger partial charge in [-0.05, 0) is 43.0 Å². The third-order valence-electron chi connectivity index (χ3n) is 5.87. The number of aromatic nitrogens is 3. The number of nitrogens with zero attached hydrogens (tertiary/aromatic N) is 3. The normalized spacial score (nSPS) is 18.2. The molecule has 30 heavy (non-hydrogen) atoms. The van der Waals surface area contributed by atoms with Crippen LogP contribution in [0.15, 0.2) is 79.1 Å². The van der Waals surface area contributed by atoms with Crippen LogP contribution < -0.4 is 4.57 Å². The van der Waals surface area contributed by atoms with Gasteiger partial charge in [-0.2, -0.15) is 0 Å². The predicted octanol–water partition coefficient (Wildman–Crippen LogP) is 4.95. The maximum absolute atomic E-state index is 6.39. The molecule has 0 bridgehead atoms. The van der Waals surface area contributed by atoms with Gasteiger partial charge in [0.25, 0.3) is 0 Å². The van der Waals surface area contributed by atoms with Crippen LogP contribution >= 0.6 is 0 Å². The topological polar surface area (TPSA) is 30.9 Å². The summed E-state index contributed by atoms with van der Waals surface area (Å²) in [5.41, 5.74) is 7.27. The Morgan fingerprint density at radius 1 is 0.867 bits per heavy atom. The number of benzene rings is 3. The zero-order valence-corrected chi connectivity index (χ0v) is 17.6. The molecule has 1 aliphatic heterocycles. The van der Waals surface area contributed by atoms with Gasteiger partial charge >= 0.3 is 5.82 Å². The zero-order valence-electron chi connectivity index (χ0n) is 17.6. The summed E-state index contributed by atoms with van der Waals surface area (Å²) in [6.07, 6.45) is 2.07. The van der Waals surface area contributed by atoms with Gasteiger partial charge in [0.05, 0.1) is 0 Å². The lowest BCUT2D eigenvalue weighted by Gasteiger charge is -2.30. The largest absolute Gasteiger partial charge is 0.358 e. The van der Waals surface area contributed by atoms with Gasteiger partial charge in [-0.1, -0.05) is 83.0 Å². The first-order chi connectivity index (χ1) is 14.6. The van der Waals surface area contributed by atoms with Crippen molar-refractivity contribution in [2.24, 2.45) is 0 Å². The Hall–Kier alpha value is -3.24. The second-order valence-corrected chi connectivity index (χ2v) is 8.13. The minimum absolute atomic E-state index is 0.0251. The number of ether oxygens (including phenoxy) is 1. The van der Waals surface area contributed by atoms with E-state index in [2.05, 4.69) is 98.4 Å². The first-order valence-corrected chi connectivity index (χ1v) is 10.4. The van der Waals surface area contributed by atoms with Gasteiger partial charge in [-0.25, -0.2) is 4.57 Å². The van der Waals surface area contributed by atoms with Crippen LogP contribution in [0.25, 0.3) is 5.69 Å². The van der Waals surface area contributed by atoms with Gasteiger partial charge in [-0.15, -0.1) is 0 Å². The second kappa shape index (κ2) is 7.54. The Labute approximate surface area is 177 Å². The molecule has 1 aromatic heterocycles. The summed E-state index contributed by atoms with van der Waals surface area (Å²) in [6.45, 7) is 6.92. The Morgan fingerprint density at radius 3 is 2.10 bits per heavy atom. The summed E-state index contributed by atoms with van der Waals surface area (Å²) < 4.78 is 10.7. The number of hydrogen-bond acceptors (Lipinski definition) is 2. The average Bonchev–Trinajstić information content (AvgIpc) is 3.17. The molecule has 0 saturated heterocycles. The summed E-state index contributed by atoms with van der Waals surface area (Å²) in [4.78, 5) is 0. The van der Waals surface area contributed by atoms with Crippen molar-refractivity contribution in [3.05, 3.63) is 113 Å². The molecule has 2 atom stereocenters. The Morgan fingerprint density at radius 2 is 1.47 bits per heavy atom. The molecule has 0 aliphatic carbocycles. The van der Waals surface area contributed by atoms with Gasteiger partial charge in [0.2, 0.25) is 6.33 Å². The van der Waals surface area contributed by atoms with Crippen LogP contribution in [0.3, 0.4) is 0 Å².